The largest absolute Gasteiger partial charge is 0.378 e. The third-order valence-corrected chi connectivity index (χ3v) is 3.75. The first-order valence-electron chi connectivity index (χ1n) is 6.23. The van der Waals surface area contributed by atoms with Crippen LogP contribution < -0.4 is 5.32 Å². The summed E-state index contributed by atoms with van der Waals surface area (Å²) >= 11 is 3.55. The van der Waals surface area contributed by atoms with Crippen LogP contribution in [0.1, 0.15) is 11.9 Å². The Kier molecular flexibility index (Phi) is 3.87. The van der Waals surface area contributed by atoms with Gasteiger partial charge in [0.15, 0.2) is 0 Å². The Bertz CT molecular complexity index is 570. The molecule has 1 aromatic heterocycles. The van der Waals surface area contributed by atoms with E-state index in [9.17, 15) is 0 Å². The van der Waals surface area contributed by atoms with E-state index in [1.807, 2.05) is 30.3 Å². The van der Waals surface area contributed by atoms with Crippen molar-refractivity contribution in [1.82, 2.24) is 15.3 Å². The smallest absolute Gasteiger partial charge is 0.148 e. The predicted molar refractivity (Wildman–Crippen MR) is 76.7 cm³/mol. The molecule has 1 saturated heterocycles. The molecule has 1 aliphatic rings. The molecule has 0 saturated carbocycles. The van der Waals surface area contributed by atoms with Crippen molar-refractivity contribution in [3.05, 3.63) is 46.8 Å². The van der Waals surface area contributed by atoms with Gasteiger partial charge in [0.25, 0.3) is 0 Å². The predicted octanol–water partition coefficient (Wildman–Crippen LogP) is 2.57. The molecule has 1 atom stereocenters. The first-order chi connectivity index (χ1) is 9.34. The third-order valence-electron chi connectivity index (χ3n) is 3.06. The average molecular weight is 320 g/mol. The van der Waals surface area contributed by atoms with Crippen LogP contribution in [0.25, 0.3) is 11.3 Å². The van der Waals surface area contributed by atoms with Crippen molar-refractivity contribution in [1.29, 1.82) is 0 Å². The Labute approximate surface area is 120 Å². The highest BCUT2D eigenvalue weighted by Gasteiger charge is 2.18. The average Bonchev–Trinajstić information content (AvgIpc) is 2.49. The van der Waals surface area contributed by atoms with Crippen LogP contribution in [-0.2, 0) is 4.74 Å². The van der Waals surface area contributed by atoms with Crippen LogP contribution in [0, 0.1) is 0 Å². The summed E-state index contributed by atoms with van der Waals surface area (Å²) in [7, 11) is 0. The number of hydrogen-bond acceptors (Lipinski definition) is 4. The molecular weight excluding hydrogens is 306 g/mol. The molecule has 5 heteroatoms. The SMILES string of the molecule is Brc1ccccc1-c1ccnc(C2COCCN2)n1. The van der Waals surface area contributed by atoms with Crippen molar-refractivity contribution in [3.8, 4) is 11.3 Å². The van der Waals surface area contributed by atoms with Crippen LogP contribution in [0.2, 0.25) is 0 Å². The molecule has 1 fully saturated rings. The van der Waals surface area contributed by atoms with Crippen LogP contribution in [-0.4, -0.2) is 29.7 Å². The summed E-state index contributed by atoms with van der Waals surface area (Å²) in [4.78, 5) is 8.99. The quantitative estimate of drug-likeness (QED) is 0.924. The molecule has 0 spiro atoms. The van der Waals surface area contributed by atoms with Crippen molar-refractivity contribution in [3.63, 3.8) is 0 Å². The number of rotatable bonds is 2. The Hall–Kier alpha value is -1.30. The lowest BCUT2D eigenvalue weighted by molar-refractivity contribution is 0.0742. The van der Waals surface area contributed by atoms with E-state index in [1.54, 1.807) is 6.20 Å². The second-order valence-corrected chi connectivity index (χ2v) is 5.22. The lowest BCUT2D eigenvalue weighted by Crippen LogP contribution is -2.35. The molecule has 98 valence electrons. The Balaban J connectivity index is 1.93. The van der Waals surface area contributed by atoms with Crippen molar-refractivity contribution < 1.29 is 4.74 Å². The van der Waals surface area contributed by atoms with E-state index in [0.29, 0.717) is 6.61 Å². The zero-order valence-electron chi connectivity index (χ0n) is 10.3. The Morgan fingerprint density at radius 2 is 2.16 bits per heavy atom. The summed E-state index contributed by atoms with van der Waals surface area (Å²) in [6.07, 6.45) is 1.80. The van der Waals surface area contributed by atoms with Crippen molar-refractivity contribution >= 4 is 15.9 Å². The maximum Gasteiger partial charge on any atom is 0.148 e. The molecule has 0 aliphatic carbocycles. The molecule has 2 heterocycles. The third kappa shape index (κ3) is 2.83. The fourth-order valence-corrected chi connectivity index (χ4v) is 2.58. The normalized spacial score (nSPS) is 19.3. The van der Waals surface area contributed by atoms with Gasteiger partial charge in [0.05, 0.1) is 24.9 Å². The van der Waals surface area contributed by atoms with E-state index in [1.165, 1.54) is 0 Å². The van der Waals surface area contributed by atoms with Gasteiger partial charge in [-0.2, -0.15) is 0 Å². The van der Waals surface area contributed by atoms with Gasteiger partial charge in [0.1, 0.15) is 5.82 Å². The molecule has 3 rings (SSSR count). The van der Waals surface area contributed by atoms with Crippen LogP contribution in [0.4, 0.5) is 0 Å². The van der Waals surface area contributed by atoms with Gasteiger partial charge in [-0.3, -0.25) is 0 Å². The second-order valence-electron chi connectivity index (χ2n) is 4.36. The molecule has 4 nitrogen and oxygen atoms in total. The van der Waals surface area contributed by atoms with E-state index in [-0.39, 0.29) is 6.04 Å². The number of nitrogens with zero attached hydrogens (tertiary/aromatic N) is 2. The number of ether oxygens (including phenoxy) is 1. The minimum absolute atomic E-state index is 0.0798. The van der Waals surface area contributed by atoms with Crippen LogP contribution in [0.3, 0.4) is 0 Å². The fourth-order valence-electron chi connectivity index (χ4n) is 2.09. The molecule has 0 bridgehead atoms. The first-order valence-corrected chi connectivity index (χ1v) is 7.03. The van der Waals surface area contributed by atoms with Gasteiger partial charge in [-0.1, -0.05) is 34.1 Å². The molecular formula is C14H14BrN3O. The van der Waals surface area contributed by atoms with Crippen LogP contribution in [0.5, 0.6) is 0 Å². The zero-order chi connectivity index (χ0) is 13.1. The minimum atomic E-state index is 0.0798. The van der Waals surface area contributed by atoms with Crippen molar-refractivity contribution in [2.75, 3.05) is 19.8 Å². The molecule has 2 aromatic rings. The van der Waals surface area contributed by atoms with Gasteiger partial charge in [0, 0.05) is 22.8 Å². The van der Waals surface area contributed by atoms with Gasteiger partial charge in [-0.15, -0.1) is 0 Å². The summed E-state index contributed by atoms with van der Waals surface area (Å²) in [6.45, 7) is 2.22. The number of halogens is 1. The summed E-state index contributed by atoms with van der Waals surface area (Å²) in [5.74, 6) is 0.785. The van der Waals surface area contributed by atoms with Gasteiger partial charge < -0.3 is 10.1 Å². The van der Waals surface area contributed by atoms with Crippen molar-refractivity contribution in [2.45, 2.75) is 6.04 Å². The van der Waals surface area contributed by atoms with E-state index >= 15 is 0 Å². The topological polar surface area (TPSA) is 47.0 Å². The van der Waals surface area contributed by atoms with E-state index in [4.69, 9.17) is 4.74 Å². The first kappa shape index (κ1) is 12.7. The van der Waals surface area contributed by atoms with E-state index in [2.05, 4.69) is 31.2 Å². The summed E-state index contributed by atoms with van der Waals surface area (Å²) in [5.41, 5.74) is 1.99. The molecule has 0 radical (unpaired) electrons. The Morgan fingerprint density at radius 1 is 1.26 bits per heavy atom. The van der Waals surface area contributed by atoms with E-state index < -0.39 is 0 Å². The fraction of sp³-hybridized carbons (Fsp3) is 0.286. The van der Waals surface area contributed by atoms with Gasteiger partial charge in [-0.25, -0.2) is 9.97 Å². The highest BCUT2D eigenvalue weighted by molar-refractivity contribution is 9.10. The zero-order valence-corrected chi connectivity index (χ0v) is 11.9. The highest BCUT2D eigenvalue weighted by Crippen LogP contribution is 2.26. The number of nitrogens with one attached hydrogen (secondary N) is 1. The molecule has 1 aromatic carbocycles. The number of aromatic nitrogens is 2. The van der Waals surface area contributed by atoms with Crippen LogP contribution in [0.15, 0.2) is 41.0 Å². The monoisotopic (exact) mass is 319 g/mol. The molecule has 19 heavy (non-hydrogen) atoms. The number of benzene rings is 1. The second kappa shape index (κ2) is 5.77. The molecule has 1 unspecified atom stereocenters. The standard InChI is InChI=1S/C14H14BrN3O/c15-11-4-2-1-3-10(11)12-5-6-17-14(18-12)13-9-19-8-7-16-13/h1-6,13,16H,7-9H2. The van der Waals surface area contributed by atoms with Gasteiger partial charge in [-0.05, 0) is 12.1 Å². The van der Waals surface area contributed by atoms with Crippen LogP contribution >= 0.6 is 15.9 Å². The highest BCUT2D eigenvalue weighted by atomic mass is 79.9. The van der Waals surface area contributed by atoms with E-state index in [0.717, 1.165) is 34.7 Å². The van der Waals surface area contributed by atoms with Gasteiger partial charge >= 0.3 is 0 Å². The molecule has 0 amide bonds. The molecule has 1 aliphatic heterocycles. The lowest BCUT2D eigenvalue weighted by atomic mass is 10.1. The Morgan fingerprint density at radius 3 is 2.95 bits per heavy atom. The number of morpholine rings is 1. The number of hydrogen-bond donors (Lipinski definition) is 1. The summed E-state index contributed by atoms with van der Waals surface area (Å²) < 4.78 is 6.49. The lowest BCUT2D eigenvalue weighted by Gasteiger charge is -2.22. The van der Waals surface area contributed by atoms with Crippen molar-refractivity contribution in [2.24, 2.45) is 0 Å². The minimum Gasteiger partial charge on any atom is -0.378 e. The maximum absolute atomic E-state index is 5.45. The maximum atomic E-state index is 5.45. The molecule has 1 N–H and O–H groups in total. The summed E-state index contributed by atoms with van der Waals surface area (Å²) in [6, 6.07) is 10.1. The summed E-state index contributed by atoms with van der Waals surface area (Å²) in [5, 5.41) is 3.37. The van der Waals surface area contributed by atoms with Gasteiger partial charge in [0.2, 0.25) is 0 Å².